The van der Waals surface area contributed by atoms with Crippen LogP contribution in [0.5, 0.6) is 5.75 Å². The van der Waals surface area contributed by atoms with Gasteiger partial charge in [-0.1, -0.05) is 6.07 Å². The second-order valence-corrected chi connectivity index (χ2v) is 5.60. The molecule has 2 rings (SSSR count). The molecule has 0 aliphatic carbocycles. The lowest BCUT2D eigenvalue weighted by atomic mass is 10.2. The molecule has 0 atom stereocenters. The number of benzene rings is 1. The maximum atomic E-state index is 11.6. The van der Waals surface area contributed by atoms with Crippen molar-refractivity contribution in [3.63, 3.8) is 0 Å². The van der Waals surface area contributed by atoms with Crippen LogP contribution in [0.15, 0.2) is 39.2 Å². The Balaban J connectivity index is 2.17. The number of nitro benzene ring substituents is 1. The molecule has 2 aromatic rings. The molecule has 0 aliphatic heterocycles. The molecule has 108 valence electrons. The first-order valence-corrected chi connectivity index (χ1v) is 7.20. The highest BCUT2D eigenvalue weighted by molar-refractivity contribution is 9.10. The summed E-state index contributed by atoms with van der Waals surface area (Å²) in [6.45, 7) is 0. The van der Waals surface area contributed by atoms with Crippen LogP contribution in [-0.4, -0.2) is 22.2 Å². The Morgan fingerprint density at radius 1 is 1.52 bits per heavy atom. The van der Waals surface area contributed by atoms with Crippen molar-refractivity contribution < 1.29 is 14.8 Å². The van der Waals surface area contributed by atoms with Crippen molar-refractivity contribution in [2.45, 2.75) is 0 Å². The fraction of sp³-hybridized carbons (Fsp3) is 0. The first-order chi connectivity index (χ1) is 9.99. The highest BCUT2D eigenvalue weighted by atomic mass is 79.9. The average Bonchev–Trinajstić information content (AvgIpc) is 2.97. The second kappa shape index (κ2) is 6.46. The van der Waals surface area contributed by atoms with Gasteiger partial charge in [0.25, 0.3) is 11.6 Å². The quantitative estimate of drug-likeness (QED) is 0.490. The number of non-ortho nitro benzene ring substituents is 1. The van der Waals surface area contributed by atoms with Crippen molar-refractivity contribution in [2.24, 2.45) is 5.10 Å². The Morgan fingerprint density at radius 2 is 2.29 bits per heavy atom. The fourth-order valence-corrected chi connectivity index (χ4v) is 2.51. The van der Waals surface area contributed by atoms with Gasteiger partial charge in [0.2, 0.25) is 0 Å². The molecule has 0 spiro atoms. The number of phenolic OH excluding ortho intramolecular Hbond substituents is 1. The smallest absolute Gasteiger partial charge is 0.281 e. The van der Waals surface area contributed by atoms with Crippen molar-refractivity contribution in [1.29, 1.82) is 0 Å². The number of rotatable bonds is 4. The summed E-state index contributed by atoms with van der Waals surface area (Å²) < 4.78 is 0.169. The number of carbonyl (C=O) groups is 1. The zero-order valence-electron chi connectivity index (χ0n) is 10.3. The molecule has 1 amide bonds. The van der Waals surface area contributed by atoms with Crippen LogP contribution in [0.1, 0.15) is 15.2 Å². The Morgan fingerprint density at radius 3 is 2.90 bits per heavy atom. The minimum atomic E-state index is -0.591. The van der Waals surface area contributed by atoms with Crippen LogP contribution in [-0.2, 0) is 0 Å². The summed E-state index contributed by atoms with van der Waals surface area (Å²) in [5, 5.41) is 26.0. The van der Waals surface area contributed by atoms with E-state index in [-0.39, 0.29) is 21.5 Å². The second-order valence-electron chi connectivity index (χ2n) is 3.80. The Bertz CT molecular complexity index is 716. The molecule has 0 saturated carbocycles. The van der Waals surface area contributed by atoms with Gasteiger partial charge in [-0.2, -0.15) is 5.10 Å². The van der Waals surface area contributed by atoms with Crippen LogP contribution in [0.25, 0.3) is 0 Å². The topological polar surface area (TPSA) is 105 Å². The summed E-state index contributed by atoms with van der Waals surface area (Å²) in [5.41, 5.74) is 2.18. The molecule has 9 heteroatoms. The van der Waals surface area contributed by atoms with Gasteiger partial charge < -0.3 is 5.11 Å². The number of thiophene rings is 1. The molecule has 0 unspecified atom stereocenters. The molecule has 1 aromatic heterocycles. The number of halogens is 1. The van der Waals surface area contributed by atoms with Gasteiger partial charge in [0.05, 0.1) is 20.5 Å². The zero-order valence-corrected chi connectivity index (χ0v) is 12.7. The minimum Gasteiger partial charge on any atom is -0.506 e. The summed E-state index contributed by atoms with van der Waals surface area (Å²) >= 11 is 4.27. The molecule has 0 aliphatic rings. The highest BCUT2D eigenvalue weighted by Gasteiger charge is 2.13. The fourth-order valence-electron chi connectivity index (χ4n) is 1.43. The van der Waals surface area contributed by atoms with Gasteiger partial charge in [-0.25, -0.2) is 5.43 Å². The number of hydrogen-bond acceptors (Lipinski definition) is 6. The van der Waals surface area contributed by atoms with Crippen LogP contribution in [0.2, 0.25) is 0 Å². The summed E-state index contributed by atoms with van der Waals surface area (Å²) in [4.78, 5) is 22.3. The maximum Gasteiger partial charge on any atom is 0.281 e. The van der Waals surface area contributed by atoms with E-state index in [1.807, 2.05) is 0 Å². The van der Waals surface area contributed by atoms with Gasteiger partial charge in [0, 0.05) is 17.7 Å². The predicted octanol–water partition coefficient (Wildman–Crippen LogP) is 2.89. The van der Waals surface area contributed by atoms with Crippen LogP contribution in [0.3, 0.4) is 0 Å². The maximum absolute atomic E-state index is 11.6. The zero-order chi connectivity index (χ0) is 15.4. The van der Waals surface area contributed by atoms with Gasteiger partial charge in [0.1, 0.15) is 5.75 Å². The van der Waals surface area contributed by atoms with E-state index >= 15 is 0 Å². The van der Waals surface area contributed by atoms with E-state index in [1.165, 1.54) is 17.4 Å². The molecule has 7 nitrogen and oxygen atoms in total. The molecular weight excluding hydrogens is 362 g/mol. The molecule has 0 radical (unpaired) electrons. The van der Waals surface area contributed by atoms with Crippen molar-refractivity contribution in [3.05, 3.63) is 54.7 Å². The SMILES string of the molecule is O=C(N/N=C\c1cc([N+](=O)[O-])cc(Br)c1O)c1cccs1. The van der Waals surface area contributed by atoms with Crippen molar-refractivity contribution in [1.82, 2.24) is 5.43 Å². The predicted molar refractivity (Wildman–Crippen MR) is 81.8 cm³/mol. The molecule has 2 N–H and O–H groups in total. The number of hydrogen-bond donors (Lipinski definition) is 2. The lowest BCUT2D eigenvalue weighted by Crippen LogP contribution is -2.16. The Hall–Kier alpha value is -2.26. The first-order valence-electron chi connectivity index (χ1n) is 5.53. The normalized spacial score (nSPS) is 10.7. The van der Waals surface area contributed by atoms with Gasteiger partial charge in [-0.15, -0.1) is 11.3 Å². The molecular formula is C12H8BrN3O4S. The Kier molecular flexibility index (Phi) is 4.66. The van der Waals surface area contributed by atoms with Crippen molar-refractivity contribution in [2.75, 3.05) is 0 Å². The van der Waals surface area contributed by atoms with Crippen LogP contribution in [0.4, 0.5) is 5.69 Å². The van der Waals surface area contributed by atoms with E-state index in [4.69, 9.17) is 0 Å². The van der Waals surface area contributed by atoms with Crippen LogP contribution in [0, 0.1) is 10.1 Å². The number of hydrazone groups is 1. The van der Waals surface area contributed by atoms with E-state index in [0.717, 1.165) is 12.3 Å². The van der Waals surface area contributed by atoms with E-state index < -0.39 is 10.8 Å². The summed E-state index contributed by atoms with van der Waals surface area (Å²) in [5.74, 6) is -0.597. The molecule has 1 aromatic carbocycles. The Labute approximate surface area is 131 Å². The molecule has 21 heavy (non-hydrogen) atoms. The standard InChI is InChI=1S/C12H8BrN3O4S/c13-9-5-8(16(19)20)4-7(11(9)17)6-14-15-12(18)10-2-1-3-21-10/h1-6,17H,(H,15,18)/b14-6-. The lowest BCUT2D eigenvalue weighted by Gasteiger charge is -2.02. The molecule has 0 saturated heterocycles. The minimum absolute atomic E-state index is 0.113. The van der Waals surface area contributed by atoms with Crippen LogP contribution < -0.4 is 5.43 Å². The van der Waals surface area contributed by atoms with E-state index in [0.29, 0.717) is 4.88 Å². The summed E-state index contributed by atoms with van der Waals surface area (Å²) in [6, 6.07) is 5.70. The third-order valence-corrected chi connectivity index (χ3v) is 3.88. The molecule has 0 bridgehead atoms. The number of nitro groups is 1. The lowest BCUT2D eigenvalue weighted by molar-refractivity contribution is -0.385. The van der Waals surface area contributed by atoms with Crippen molar-refractivity contribution >= 4 is 45.1 Å². The van der Waals surface area contributed by atoms with E-state index in [2.05, 4.69) is 26.5 Å². The van der Waals surface area contributed by atoms with Gasteiger partial charge in [-0.3, -0.25) is 14.9 Å². The number of nitrogens with zero attached hydrogens (tertiary/aromatic N) is 2. The highest BCUT2D eigenvalue weighted by Crippen LogP contribution is 2.31. The van der Waals surface area contributed by atoms with E-state index in [1.54, 1.807) is 17.5 Å². The average molecular weight is 370 g/mol. The summed E-state index contributed by atoms with van der Waals surface area (Å²) in [6.07, 6.45) is 1.14. The first kappa shape index (κ1) is 15.1. The number of amides is 1. The van der Waals surface area contributed by atoms with Gasteiger partial charge in [0.15, 0.2) is 0 Å². The summed E-state index contributed by atoms with van der Waals surface area (Å²) in [7, 11) is 0. The number of phenols is 1. The molecule has 1 heterocycles. The number of nitrogens with one attached hydrogen (secondary N) is 1. The number of carbonyl (C=O) groups excluding carboxylic acids is 1. The molecule has 0 fully saturated rings. The number of aromatic hydroxyl groups is 1. The van der Waals surface area contributed by atoms with Gasteiger partial charge >= 0.3 is 0 Å². The largest absolute Gasteiger partial charge is 0.506 e. The third kappa shape index (κ3) is 3.64. The monoisotopic (exact) mass is 369 g/mol. The van der Waals surface area contributed by atoms with E-state index in [9.17, 15) is 20.0 Å². The van der Waals surface area contributed by atoms with Crippen LogP contribution >= 0.6 is 27.3 Å². The third-order valence-electron chi connectivity index (χ3n) is 2.40. The van der Waals surface area contributed by atoms with Crippen molar-refractivity contribution in [3.8, 4) is 5.75 Å². The van der Waals surface area contributed by atoms with Gasteiger partial charge in [-0.05, 0) is 27.4 Å².